The molecule has 2 aromatic rings. The summed E-state index contributed by atoms with van der Waals surface area (Å²) in [6, 6.07) is 8.86. The molecule has 96 valence electrons. The Morgan fingerprint density at radius 1 is 1.28 bits per heavy atom. The molecule has 0 aliphatic heterocycles. The molecule has 4 heteroatoms. The van der Waals surface area contributed by atoms with Gasteiger partial charge in [-0.05, 0) is 12.5 Å². The van der Waals surface area contributed by atoms with E-state index in [0.29, 0.717) is 12.1 Å². The number of benzene rings is 1. The summed E-state index contributed by atoms with van der Waals surface area (Å²) in [6.45, 7) is 2.52. The molecule has 1 heterocycles. The van der Waals surface area contributed by atoms with Crippen molar-refractivity contribution in [2.24, 2.45) is 0 Å². The summed E-state index contributed by atoms with van der Waals surface area (Å²) in [5.41, 5.74) is 1.68. The van der Waals surface area contributed by atoms with E-state index in [1.165, 1.54) is 6.07 Å². The molecule has 0 aliphatic carbocycles. The molecule has 0 spiro atoms. The van der Waals surface area contributed by atoms with Crippen LogP contribution >= 0.6 is 0 Å². The lowest BCUT2D eigenvalue weighted by molar-refractivity contribution is 0.582. The number of hydrogen-bond donors (Lipinski definition) is 0. The third-order valence-electron chi connectivity index (χ3n) is 2.91. The summed E-state index contributed by atoms with van der Waals surface area (Å²) >= 11 is 0. The van der Waals surface area contributed by atoms with Crippen molar-refractivity contribution < 1.29 is 4.39 Å². The van der Waals surface area contributed by atoms with Crippen LogP contribution in [0.1, 0.15) is 18.2 Å². The van der Waals surface area contributed by atoms with Crippen LogP contribution < -0.4 is 4.90 Å². The maximum Gasteiger partial charge on any atom is 0.128 e. The minimum absolute atomic E-state index is 0.184. The normalized spacial score (nSPS) is 10.7. The van der Waals surface area contributed by atoms with Crippen LogP contribution in [0.15, 0.2) is 30.3 Å². The first-order chi connectivity index (χ1) is 8.61. The molecule has 0 saturated heterocycles. The monoisotopic (exact) mass is 247 g/mol. The van der Waals surface area contributed by atoms with Crippen LogP contribution in [0.3, 0.4) is 0 Å². The van der Waals surface area contributed by atoms with Crippen LogP contribution in [-0.4, -0.2) is 23.9 Å². The molecule has 0 fully saturated rings. The molecular formula is C14H18FN3. The van der Waals surface area contributed by atoms with E-state index in [9.17, 15) is 4.39 Å². The summed E-state index contributed by atoms with van der Waals surface area (Å²) in [5.74, 6) is 0.811. The highest BCUT2D eigenvalue weighted by atomic mass is 19.1. The maximum absolute atomic E-state index is 13.6. The quantitative estimate of drug-likeness (QED) is 0.828. The summed E-state index contributed by atoms with van der Waals surface area (Å²) in [4.78, 5) is 1.99. The Balaban J connectivity index is 2.33. The Kier molecular flexibility index (Phi) is 3.65. The lowest BCUT2D eigenvalue weighted by atomic mass is 10.2. The number of anilines is 1. The van der Waals surface area contributed by atoms with Crippen LogP contribution in [0, 0.1) is 5.82 Å². The van der Waals surface area contributed by atoms with Gasteiger partial charge < -0.3 is 4.90 Å². The van der Waals surface area contributed by atoms with E-state index in [-0.39, 0.29) is 5.82 Å². The van der Waals surface area contributed by atoms with Crippen molar-refractivity contribution in [2.45, 2.75) is 19.9 Å². The third kappa shape index (κ3) is 2.53. The van der Waals surface area contributed by atoms with Crippen molar-refractivity contribution in [3.63, 3.8) is 0 Å². The van der Waals surface area contributed by atoms with Gasteiger partial charge >= 0.3 is 0 Å². The molecule has 0 N–H and O–H groups in total. The SMILES string of the molecule is CCc1cc(N(C)C)n(Cc2ccccc2F)n1. The van der Waals surface area contributed by atoms with Gasteiger partial charge in [-0.2, -0.15) is 5.10 Å². The average molecular weight is 247 g/mol. The molecule has 18 heavy (non-hydrogen) atoms. The van der Waals surface area contributed by atoms with E-state index in [1.807, 2.05) is 35.8 Å². The molecule has 2 rings (SSSR count). The van der Waals surface area contributed by atoms with Crippen LogP contribution in [0.25, 0.3) is 0 Å². The van der Waals surface area contributed by atoms with Gasteiger partial charge in [0.25, 0.3) is 0 Å². The van der Waals surface area contributed by atoms with E-state index in [2.05, 4.69) is 12.0 Å². The second-order valence-electron chi connectivity index (χ2n) is 4.49. The first-order valence-electron chi connectivity index (χ1n) is 6.09. The first kappa shape index (κ1) is 12.6. The molecule has 0 amide bonds. The summed E-state index contributed by atoms with van der Waals surface area (Å²) in [6.07, 6.45) is 0.880. The molecule has 0 aliphatic rings. The van der Waals surface area contributed by atoms with Crippen LogP contribution in [0.2, 0.25) is 0 Å². The van der Waals surface area contributed by atoms with Crippen LogP contribution in [0.5, 0.6) is 0 Å². The molecule has 0 unspecified atom stereocenters. The van der Waals surface area contributed by atoms with Gasteiger partial charge in [-0.15, -0.1) is 0 Å². The highest BCUT2D eigenvalue weighted by Crippen LogP contribution is 2.17. The second kappa shape index (κ2) is 5.21. The lowest BCUT2D eigenvalue weighted by Crippen LogP contribution is -2.16. The van der Waals surface area contributed by atoms with Gasteiger partial charge in [-0.1, -0.05) is 25.1 Å². The molecule has 0 saturated carbocycles. The van der Waals surface area contributed by atoms with Crippen molar-refractivity contribution in [3.8, 4) is 0 Å². The van der Waals surface area contributed by atoms with E-state index in [0.717, 1.165) is 17.9 Å². The van der Waals surface area contributed by atoms with E-state index < -0.39 is 0 Å². The Morgan fingerprint density at radius 3 is 2.61 bits per heavy atom. The number of aromatic nitrogens is 2. The zero-order valence-corrected chi connectivity index (χ0v) is 11.0. The van der Waals surface area contributed by atoms with Gasteiger partial charge in [-0.3, -0.25) is 0 Å². The molecule has 1 aromatic heterocycles. The van der Waals surface area contributed by atoms with Crippen LogP contribution in [-0.2, 0) is 13.0 Å². The summed E-state index contributed by atoms with van der Waals surface area (Å²) < 4.78 is 15.5. The Labute approximate surface area is 107 Å². The van der Waals surface area contributed by atoms with Gasteiger partial charge in [0.2, 0.25) is 0 Å². The van der Waals surface area contributed by atoms with E-state index >= 15 is 0 Å². The average Bonchev–Trinajstić information content (AvgIpc) is 2.75. The fourth-order valence-corrected chi connectivity index (χ4v) is 1.90. The highest BCUT2D eigenvalue weighted by molar-refractivity contribution is 5.39. The van der Waals surface area contributed by atoms with Crippen LogP contribution in [0.4, 0.5) is 10.2 Å². The fraction of sp³-hybridized carbons (Fsp3) is 0.357. The van der Waals surface area contributed by atoms with Gasteiger partial charge in [0.1, 0.15) is 11.6 Å². The Hall–Kier alpha value is -1.84. The Bertz CT molecular complexity index is 532. The van der Waals surface area contributed by atoms with Gasteiger partial charge in [0.15, 0.2) is 0 Å². The molecule has 0 radical (unpaired) electrons. The van der Waals surface area contributed by atoms with E-state index in [1.54, 1.807) is 12.1 Å². The topological polar surface area (TPSA) is 21.1 Å². The van der Waals surface area contributed by atoms with Gasteiger partial charge in [0.05, 0.1) is 12.2 Å². The van der Waals surface area contributed by atoms with Crippen molar-refractivity contribution in [1.29, 1.82) is 0 Å². The largest absolute Gasteiger partial charge is 0.363 e. The Morgan fingerprint density at radius 2 is 2.00 bits per heavy atom. The van der Waals surface area contributed by atoms with Crippen molar-refractivity contribution in [2.75, 3.05) is 19.0 Å². The molecule has 0 bridgehead atoms. The van der Waals surface area contributed by atoms with Gasteiger partial charge in [0, 0.05) is 25.7 Å². The second-order valence-corrected chi connectivity index (χ2v) is 4.49. The predicted octanol–water partition coefficient (Wildman–Crippen LogP) is 2.70. The van der Waals surface area contributed by atoms with Crippen molar-refractivity contribution in [1.82, 2.24) is 9.78 Å². The number of nitrogens with zero attached hydrogens (tertiary/aromatic N) is 3. The first-order valence-corrected chi connectivity index (χ1v) is 6.09. The number of rotatable bonds is 4. The minimum atomic E-state index is -0.184. The van der Waals surface area contributed by atoms with E-state index in [4.69, 9.17) is 0 Å². The zero-order chi connectivity index (χ0) is 13.1. The zero-order valence-electron chi connectivity index (χ0n) is 11.0. The standard InChI is InChI=1S/C14H18FN3/c1-4-12-9-14(17(2)3)18(16-12)10-11-7-5-6-8-13(11)15/h5-9H,4,10H2,1-3H3. The van der Waals surface area contributed by atoms with Crippen molar-refractivity contribution in [3.05, 3.63) is 47.4 Å². The number of aryl methyl sites for hydroxylation is 1. The third-order valence-corrected chi connectivity index (χ3v) is 2.91. The molecule has 3 nitrogen and oxygen atoms in total. The van der Waals surface area contributed by atoms with Crippen molar-refractivity contribution >= 4 is 5.82 Å². The smallest absolute Gasteiger partial charge is 0.128 e. The predicted molar refractivity (Wildman–Crippen MR) is 71.4 cm³/mol. The minimum Gasteiger partial charge on any atom is -0.363 e. The molecule has 0 atom stereocenters. The number of hydrogen-bond acceptors (Lipinski definition) is 2. The maximum atomic E-state index is 13.6. The highest BCUT2D eigenvalue weighted by Gasteiger charge is 2.10. The molecular weight excluding hydrogens is 229 g/mol. The molecule has 1 aromatic carbocycles. The summed E-state index contributed by atoms with van der Waals surface area (Å²) in [7, 11) is 3.93. The van der Waals surface area contributed by atoms with Gasteiger partial charge in [-0.25, -0.2) is 9.07 Å². The fourth-order valence-electron chi connectivity index (χ4n) is 1.90. The summed E-state index contributed by atoms with van der Waals surface area (Å²) in [5, 5.41) is 4.49. The lowest BCUT2D eigenvalue weighted by Gasteiger charge is -2.14. The number of halogens is 1.